The minimum absolute atomic E-state index is 0.00342. The largest absolute Gasteiger partial charge is 0.416 e. The molecule has 0 saturated carbocycles. The van der Waals surface area contributed by atoms with Crippen LogP contribution in [0.25, 0.3) is 6.08 Å². The third-order valence-corrected chi connectivity index (χ3v) is 5.45. The molecule has 0 aliphatic carbocycles. The van der Waals surface area contributed by atoms with Crippen molar-refractivity contribution in [3.8, 4) is 0 Å². The second-order valence-corrected chi connectivity index (χ2v) is 7.64. The third-order valence-electron chi connectivity index (χ3n) is 5.45. The first-order valence-corrected chi connectivity index (χ1v) is 10.0. The van der Waals surface area contributed by atoms with Gasteiger partial charge in [-0.15, -0.1) is 0 Å². The summed E-state index contributed by atoms with van der Waals surface area (Å²) in [4.78, 5) is 14.4. The molecule has 3 rings (SSSR count). The van der Waals surface area contributed by atoms with Crippen LogP contribution >= 0.6 is 0 Å². The molecule has 0 N–H and O–H groups in total. The van der Waals surface area contributed by atoms with E-state index in [4.69, 9.17) is 0 Å². The molecule has 5 heteroatoms. The van der Waals surface area contributed by atoms with Crippen LogP contribution in [0, 0.1) is 5.92 Å². The van der Waals surface area contributed by atoms with Gasteiger partial charge in [0.1, 0.15) is 0 Å². The normalized spacial score (nSPS) is 16.4. The summed E-state index contributed by atoms with van der Waals surface area (Å²) in [6.45, 7) is 2.75. The van der Waals surface area contributed by atoms with Gasteiger partial charge in [-0.3, -0.25) is 4.79 Å². The number of carbonyl (C=O) groups is 1. The van der Waals surface area contributed by atoms with Gasteiger partial charge in [0.05, 0.1) is 5.56 Å². The second-order valence-electron chi connectivity index (χ2n) is 7.64. The topological polar surface area (TPSA) is 20.3 Å². The average molecular weight is 401 g/mol. The van der Waals surface area contributed by atoms with E-state index in [1.54, 1.807) is 6.08 Å². The molecule has 1 aliphatic heterocycles. The number of allylic oxidation sites excluding steroid dienone is 1. The molecule has 2 nitrogen and oxygen atoms in total. The maximum absolute atomic E-state index is 12.6. The van der Waals surface area contributed by atoms with Crippen molar-refractivity contribution in [3.63, 3.8) is 0 Å². The van der Waals surface area contributed by atoms with Crippen molar-refractivity contribution in [2.24, 2.45) is 5.92 Å². The average Bonchev–Trinajstić information content (AvgIpc) is 2.72. The molecular weight excluding hydrogens is 375 g/mol. The first-order chi connectivity index (χ1) is 13.9. The Morgan fingerprint density at radius 3 is 2.28 bits per heavy atom. The van der Waals surface area contributed by atoms with Crippen LogP contribution in [0.4, 0.5) is 13.2 Å². The Kier molecular flexibility index (Phi) is 7.26. The van der Waals surface area contributed by atoms with Crippen molar-refractivity contribution in [1.29, 1.82) is 0 Å². The van der Waals surface area contributed by atoms with Gasteiger partial charge in [0.2, 0.25) is 0 Å². The lowest BCUT2D eigenvalue weighted by Crippen LogP contribution is -2.35. The summed E-state index contributed by atoms with van der Waals surface area (Å²) >= 11 is 0. The first-order valence-electron chi connectivity index (χ1n) is 10.0. The number of hydrogen-bond acceptors (Lipinski definition) is 2. The van der Waals surface area contributed by atoms with Crippen molar-refractivity contribution in [1.82, 2.24) is 4.90 Å². The number of alkyl halides is 3. The van der Waals surface area contributed by atoms with Crippen LogP contribution in [0.2, 0.25) is 0 Å². The number of halogens is 3. The highest BCUT2D eigenvalue weighted by Crippen LogP contribution is 2.29. The molecular formula is C24H26F3NO. The van der Waals surface area contributed by atoms with Crippen LogP contribution in [-0.4, -0.2) is 30.3 Å². The molecule has 1 saturated heterocycles. The zero-order valence-corrected chi connectivity index (χ0v) is 16.4. The molecule has 29 heavy (non-hydrogen) atoms. The molecule has 2 aromatic carbocycles. The number of piperidine rings is 1. The standard InChI is InChI=1S/C24H26F3NO/c25-24(26,27)22-9-6-19(7-10-22)8-11-23(29)14-17-28-15-12-21(13-16-28)18-20-4-2-1-3-5-20/h1-11,21H,12-18H2/b11-8+. The van der Waals surface area contributed by atoms with Gasteiger partial charge in [-0.2, -0.15) is 13.2 Å². The first kappa shape index (κ1) is 21.3. The van der Waals surface area contributed by atoms with Crippen LogP contribution in [-0.2, 0) is 17.4 Å². The zero-order chi connectivity index (χ0) is 20.7. The van der Waals surface area contributed by atoms with Crippen molar-refractivity contribution in [3.05, 3.63) is 77.4 Å². The number of carbonyl (C=O) groups excluding carboxylic acids is 1. The van der Waals surface area contributed by atoms with Crippen LogP contribution in [0.1, 0.15) is 36.0 Å². The summed E-state index contributed by atoms with van der Waals surface area (Å²) in [6.07, 6.45) is 2.53. The molecule has 1 heterocycles. The quantitative estimate of drug-likeness (QED) is 0.560. The lowest BCUT2D eigenvalue weighted by Gasteiger charge is -2.31. The summed E-state index contributed by atoms with van der Waals surface area (Å²) in [6, 6.07) is 15.4. The van der Waals surface area contributed by atoms with Crippen molar-refractivity contribution < 1.29 is 18.0 Å². The Morgan fingerprint density at radius 2 is 1.66 bits per heavy atom. The van der Waals surface area contributed by atoms with E-state index in [0.29, 0.717) is 17.9 Å². The number of ketones is 1. The van der Waals surface area contributed by atoms with Gasteiger partial charge >= 0.3 is 6.18 Å². The van der Waals surface area contributed by atoms with Gasteiger partial charge in [-0.1, -0.05) is 48.5 Å². The molecule has 0 bridgehead atoms. The maximum atomic E-state index is 12.6. The summed E-state index contributed by atoms with van der Waals surface area (Å²) in [5.74, 6) is 0.695. The van der Waals surface area contributed by atoms with Gasteiger partial charge in [0, 0.05) is 13.0 Å². The highest BCUT2D eigenvalue weighted by atomic mass is 19.4. The fourth-order valence-electron chi connectivity index (χ4n) is 3.69. The molecule has 2 aromatic rings. The van der Waals surface area contributed by atoms with Crippen molar-refractivity contribution >= 4 is 11.9 Å². The third kappa shape index (κ3) is 6.86. The van der Waals surface area contributed by atoms with E-state index in [9.17, 15) is 18.0 Å². The van der Waals surface area contributed by atoms with E-state index < -0.39 is 11.7 Å². The molecule has 0 amide bonds. The minimum Gasteiger partial charge on any atom is -0.303 e. The molecule has 0 atom stereocenters. The summed E-state index contributed by atoms with van der Waals surface area (Å²) in [7, 11) is 0. The van der Waals surface area contributed by atoms with Crippen LogP contribution < -0.4 is 0 Å². The lowest BCUT2D eigenvalue weighted by atomic mass is 9.90. The Labute approximate surface area is 170 Å². The smallest absolute Gasteiger partial charge is 0.303 e. The summed E-state index contributed by atoms with van der Waals surface area (Å²) in [5.41, 5.74) is 1.29. The van der Waals surface area contributed by atoms with Gasteiger partial charge in [-0.25, -0.2) is 0 Å². The molecule has 0 spiro atoms. The number of rotatable bonds is 7. The summed E-state index contributed by atoms with van der Waals surface area (Å²) in [5, 5.41) is 0. The van der Waals surface area contributed by atoms with E-state index >= 15 is 0 Å². The number of nitrogens with zero attached hydrogens (tertiary/aromatic N) is 1. The van der Waals surface area contributed by atoms with Crippen molar-refractivity contribution in [2.75, 3.05) is 19.6 Å². The van der Waals surface area contributed by atoms with Gasteiger partial charge in [0.15, 0.2) is 5.78 Å². The highest BCUT2D eigenvalue weighted by Gasteiger charge is 2.29. The summed E-state index contributed by atoms with van der Waals surface area (Å²) < 4.78 is 37.7. The van der Waals surface area contributed by atoms with Gasteiger partial charge < -0.3 is 4.90 Å². The Hall–Kier alpha value is -2.40. The molecule has 0 aromatic heterocycles. The van der Waals surface area contributed by atoms with Gasteiger partial charge in [-0.05, 0) is 67.6 Å². The van der Waals surface area contributed by atoms with E-state index in [1.807, 2.05) is 6.07 Å². The van der Waals surface area contributed by atoms with Crippen LogP contribution in [0.3, 0.4) is 0 Å². The maximum Gasteiger partial charge on any atom is 0.416 e. The predicted octanol–water partition coefficient (Wildman–Crippen LogP) is 5.63. The van der Waals surface area contributed by atoms with E-state index in [2.05, 4.69) is 29.2 Å². The van der Waals surface area contributed by atoms with Crippen molar-refractivity contribution in [2.45, 2.75) is 31.9 Å². The highest BCUT2D eigenvalue weighted by molar-refractivity contribution is 5.93. The lowest BCUT2D eigenvalue weighted by molar-refractivity contribution is -0.137. The predicted molar refractivity (Wildman–Crippen MR) is 109 cm³/mol. The fourth-order valence-corrected chi connectivity index (χ4v) is 3.69. The molecule has 0 radical (unpaired) electrons. The Bertz CT molecular complexity index is 804. The number of hydrogen-bond donors (Lipinski definition) is 0. The van der Waals surface area contributed by atoms with E-state index in [1.165, 1.54) is 23.8 Å². The molecule has 1 fully saturated rings. The zero-order valence-electron chi connectivity index (χ0n) is 16.4. The minimum atomic E-state index is -4.34. The molecule has 154 valence electrons. The monoisotopic (exact) mass is 401 g/mol. The number of likely N-dealkylation sites (tertiary alicyclic amines) is 1. The van der Waals surface area contributed by atoms with Gasteiger partial charge in [0.25, 0.3) is 0 Å². The SMILES string of the molecule is O=C(/C=C/c1ccc(C(F)(F)F)cc1)CCN1CCC(Cc2ccccc2)CC1. The fraction of sp³-hybridized carbons (Fsp3) is 0.375. The molecule has 0 unspecified atom stereocenters. The number of benzene rings is 2. The Morgan fingerprint density at radius 1 is 1.00 bits per heavy atom. The van der Waals surface area contributed by atoms with E-state index in [0.717, 1.165) is 51.0 Å². The second kappa shape index (κ2) is 9.88. The molecule has 1 aliphatic rings. The van der Waals surface area contributed by atoms with E-state index in [-0.39, 0.29) is 5.78 Å². The van der Waals surface area contributed by atoms with Crippen LogP contribution in [0.15, 0.2) is 60.7 Å². The Balaban J connectivity index is 1.38. The van der Waals surface area contributed by atoms with Crippen LogP contribution in [0.5, 0.6) is 0 Å².